The molecule has 0 radical (unpaired) electrons. The predicted molar refractivity (Wildman–Crippen MR) is 63.7 cm³/mol. The van der Waals surface area contributed by atoms with Gasteiger partial charge in [-0.1, -0.05) is 18.2 Å². The van der Waals surface area contributed by atoms with Crippen LogP contribution < -0.4 is 5.73 Å². The summed E-state index contributed by atoms with van der Waals surface area (Å²) < 4.78 is 0. The number of nitrogen functional groups attached to an aromatic ring is 1. The van der Waals surface area contributed by atoms with Gasteiger partial charge in [0, 0.05) is 11.8 Å². The van der Waals surface area contributed by atoms with Gasteiger partial charge in [0.15, 0.2) is 0 Å². The molecule has 1 aromatic carbocycles. The fraction of sp³-hybridized carbons (Fsp3) is 0.0833. The zero-order valence-electron chi connectivity index (χ0n) is 8.63. The summed E-state index contributed by atoms with van der Waals surface area (Å²) in [6.45, 7) is 0. The van der Waals surface area contributed by atoms with Gasteiger partial charge in [-0.25, -0.2) is 9.97 Å². The van der Waals surface area contributed by atoms with Gasteiger partial charge < -0.3 is 10.5 Å². The Labute approximate surface area is 92.8 Å². The SMILES string of the molecule is Nc1ncnc2ccc(C=CCC=O)cc12. The maximum absolute atomic E-state index is 10.2. The molecule has 2 N–H and O–H groups in total. The molecule has 4 heteroatoms. The fourth-order valence-electron chi connectivity index (χ4n) is 1.46. The van der Waals surface area contributed by atoms with Crippen LogP contribution in [0.2, 0.25) is 0 Å². The van der Waals surface area contributed by atoms with E-state index in [9.17, 15) is 4.79 Å². The third-order valence-electron chi connectivity index (χ3n) is 2.23. The van der Waals surface area contributed by atoms with E-state index in [2.05, 4.69) is 9.97 Å². The second-order valence-electron chi connectivity index (χ2n) is 3.34. The smallest absolute Gasteiger partial charge is 0.134 e. The van der Waals surface area contributed by atoms with E-state index >= 15 is 0 Å². The van der Waals surface area contributed by atoms with E-state index in [1.165, 1.54) is 6.33 Å². The van der Waals surface area contributed by atoms with Gasteiger partial charge in [-0.3, -0.25) is 0 Å². The van der Waals surface area contributed by atoms with E-state index in [1.807, 2.05) is 24.3 Å². The number of aromatic nitrogens is 2. The van der Waals surface area contributed by atoms with Gasteiger partial charge in [0.1, 0.15) is 18.4 Å². The zero-order chi connectivity index (χ0) is 11.4. The number of anilines is 1. The Kier molecular flexibility index (Phi) is 2.91. The molecule has 0 amide bonds. The van der Waals surface area contributed by atoms with E-state index in [0.29, 0.717) is 12.2 Å². The van der Waals surface area contributed by atoms with Crippen LogP contribution in [0.1, 0.15) is 12.0 Å². The predicted octanol–water partition coefficient (Wildman–Crippen LogP) is 1.81. The highest BCUT2D eigenvalue weighted by Crippen LogP contribution is 2.18. The lowest BCUT2D eigenvalue weighted by molar-refractivity contribution is -0.107. The Morgan fingerprint density at radius 3 is 3.00 bits per heavy atom. The van der Waals surface area contributed by atoms with Crippen molar-refractivity contribution in [2.75, 3.05) is 5.73 Å². The highest BCUT2D eigenvalue weighted by Gasteiger charge is 1.99. The van der Waals surface area contributed by atoms with Gasteiger partial charge in [0.05, 0.1) is 5.52 Å². The van der Waals surface area contributed by atoms with Crippen LogP contribution in [0.3, 0.4) is 0 Å². The van der Waals surface area contributed by atoms with Crippen molar-refractivity contribution in [3.8, 4) is 0 Å². The van der Waals surface area contributed by atoms with Crippen molar-refractivity contribution in [1.29, 1.82) is 0 Å². The molecule has 1 aromatic heterocycles. The lowest BCUT2D eigenvalue weighted by atomic mass is 10.1. The molecule has 80 valence electrons. The summed E-state index contributed by atoms with van der Waals surface area (Å²) in [4.78, 5) is 18.2. The van der Waals surface area contributed by atoms with Gasteiger partial charge >= 0.3 is 0 Å². The van der Waals surface area contributed by atoms with Crippen LogP contribution in [0.4, 0.5) is 5.82 Å². The molecule has 4 nitrogen and oxygen atoms in total. The molecule has 0 aliphatic rings. The maximum Gasteiger partial charge on any atom is 0.134 e. The average molecular weight is 213 g/mol. The van der Waals surface area contributed by atoms with Gasteiger partial charge in [-0.15, -0.1) is 0 Å². The molecule has 0 atom stereocenters. The molecule has 1 heterocycles. The minimum Gasteiger partial charge on any atom is -0.383 e. The number of carbonyl (C=O) groups is 1. The molecule has 0 unspecified atom stereocenters. The molecular weight excluding hydrogens is 202 g/mol. The van der Waals surface area contributed by atoms with Gasteiger partial charge in [-0.2, -0.15) is 0 Å². The second-order valence-corrected chi connectivity index (χ2v) is 3.34. The Hall–Kier alpha value is -2.23. The summed E-state index contributed by atoms with van der Waals surface area (Å²) in [6, 6.07) is 5.72. The van der Waals surface area contributed by atoms with E-state index in [0.717, 1.165) is 22.8 Å². The Balaban J connectivity index is 2.43. The summed E-state index contributed by atoms with van der Waals surface area (Å²) in [5, 5.41) is 0.829. The van der Waals surface area contributed by atoms with Crippen LogP contribution in [0, 0.1) is 0 Å². The number of benzene rings is 1. The number of aldehydes is 1. The number of nitrogens with two attached hydrogens (primary N) is 1. The molecular formula is C12H11N3O. The van der Waals surface area contributed by atoms with Crippen LogP contribution in [0.5, 0.6) is 0 Å². The highest BCUT2D eigenvalue weighted by molar-refractivity contribution is 5.89. The number of carbonyl (C=O) groups excluding carboxylic acids is 1. The third-order valence-corrected chi connectivity index (χ3v) is 2.23. The van der Waals surface area contributed by atoms with E-state index in [-0.39, 0.29) is 0 Å². The summed E-state index contributed by atoms with van der Waals surface area (Å²) in [5.74, 6) is 0.468. The maximum atomic E-state index is 10.2. The Morgan fingerprint density at radius 2 is 2.19 bits per heavy atom. The molecule has 0 aliphatic carbocycles. The van der Waals surface area contributed by atoms with Crippen LogP contribution >= 0.6 is 0 Å². The van der Waals surface area contributed by atoms with Crippen molar-refractivity contribution in [1.82, 2.24) is 9.97 Å². The molecule has 0 saturated heterocycles. The molecule has 0 bridgehead atoms. The highest BCUT2D eigenvalue weighted by atomic mass is 16.1. The van der Waals surface area contributed by atoms with Crippen molar-refractivity contribution in [3.63, 3.8) is 0 Å². The van der Waals surface area contributed by atoms with E-state index < -0.39 is 0 Å². The molecule has 2 aromatic rings. The first kappa shape index (κ1) is 10.3. The Morgan fingerprint density at radius 1 is 1.31 bits per heavy atom. The second kappa shape index (κ2) is 4.53. The van der Waals surface area contributed by atoms with Crippen molar-refractivity contribution in [2.45, 2.75) is 6.42 Å². The first-order chi connectivity index (χ1) is 7.81. The summed E-state index contributed by atoms with van der Waals surface area (Å²) in [5.41, 5.74) is 7.55. The van der Waals surface area contributed by atoms with Crippen molar-refractivity contribution < 1.29 is 4.79 Å². The lowest BCUT2D eigenvalue weighted by Crippen LogP contribution is -1.93. The minimum absolute atomic E-state index is 0.415. The molecule has 0 aliphatic heterocycles. The zero-order valence-corrected chi connectivity index (χ0v) is 8.63. The first-order valence-electron chi connectivity index (χ1n) is 4.91. The monoisotopic (exact) mass is 213 g/mol. The van der Waals surface area contributed by atoms with E-state index in [1.54, 1.807) is 6.08 Å². The number of rotatable bonds is 3. The van der Waals surface area contributed by atoms with Crippen LogP contribution in [0.15, 0.2) is 30.6 Å². The molecule has 0 saturated carbocycles. The molecule has 2 rings (SSSR count). The van der Waals surface area contributed by atoms with Crippen molar-refractivity contribution in [3.05, 3.63) is 36.2 Å². The normalized spacial score (nSPS) is 11.0. The molecule has 0 spiro atoms. The number of allylic oxidation sites excluding steroid dienone is 1. The van der Waals surface area contributed by atoms with Gasteiger partial charge in [-0.05, 0) is 17.7 Å². The fourth-order valence-corrected chi connectivity index (χ4v) is 1.46. The summed E-state index contributed by atoms with van der Waals surface area (Å²) in [6.07, 6.45) is 6.39. The van der Waals surface area contributed by atoms with Crippen molar-refractivity contribution in [2.24, 2.45) is 0 Å². The summed E-state index contributed by atoms with van der Waals surface area (Å²) >= 11 is 0. The first-order valence-corrected chi connectivity index (χ1v) is 4.91. The van der Waals surface area contributed by atoms with E-state index in [4.69, 9.17) is 5.73 Å². The summed E-state index contributed by atoms with van der Waals surface area (Å²) in [7, 11) is 0. The van der Waals surface area contributed by atoms with Crippen LogP contribution in [0.25, 0.3) is 17.0 Å². The minimum atomic E-state index is 0.415. The average Bonchev–Trinajstić information content (AvgIpc) is 2.30. The largest absolute Gasteiger partial charge is 0.383 e. The third kappa shape index (κ3) is 2.06. The molecule has 16 heavy (non-hydrogen) atoms. The van der Waals surface area contributed by atoms with Crippen LogP contribution in [-0.2, 0) is 4.79 Å². The van der Waals surface area contributed by atoms with Gasteiger partial charge in [0.2, 0.25) is 0 Å². The van der Waals surface area contributed by atoms with Crippen LogP contribution in [-0.4, -0.2) is 16.3 Å². The van der Waals surface area contributed by atoms with Crippen molar-refractivity contribution >= 4 is 29.1 Å². The number of hydrogen-bond acceptors (Lipinski definition) is 4. The number of fused-ring (bicyclic) bond motifs is 1. The Bertz CT molecular complexity index is 549. The van der Waals surface area contributed by atoms with Gasteiger partial charge in [0.25, 0.3) is 0 Å². The lowest BCUT2D eigenvalue weighted by Gasteiger charge is -2.00. The standard InChI is InChI=1S/C12H11N3O/c13-12-10-7-9(3-1-2-6-16)4-5-11(10)14-8-15-12/h1,3-8H,2H2,(H2,13,14,15). The topological polar surface area (TPSA) is 68.9 Å². The number of hydrogen-bond donors (Lipinski definition) is 1. The number of nitrogens with zero attached hydrogens (tertiary/aromatic N) is 2. The molecule has 0 fully saturated rings. The quantitative estimate of drug-likeness (QED) is 0.789.